The third kappa shape index (κ3) is 36.9. The highest BCUT2D eigenvalue weighted by Crippen LogP contribution is 2.18. The molecule has 0 aliphatic heterocycles. The summed E-state index contributed by atoms with van der Waals surface area (Å²) in [6.07, 6.45) is 37.8. The van der Waals surface area contributed by atoms with Crippen molar-refractivity contribution in [2.24, 2.45) is 0 Å². The summed E-state index contributed by atoms with van der Waals surface area (Å²) in [6.45, 7) is 18.0. The molecule has 1 unspecified atom stereocenters. The molecule has 0 aromatic heterocycles. The van der Waals surface area contributed by atoms with E-state index in [1.807, 2.05) is 0 Å². The lowest BCUT2D eigenvalue weighted by atomic mass is 10.0. The first-order valence-corrected chi connectivity index (χ1v) is 20.0. The van der Waals surface area contributed by atoms with Crippen LogP contribution in [0.15, 0.2) is 24.3 Å². The number of carbonyl (C=O) groups is 2. The summed E-state index contributed by atoms with van der Waals surface area (Å²) in [6, 6.07) is 0. The lowest BCUT2D eigenvalue weighted by molar-refractivity contribution is -0.145. The van der Waals surface area contributed by atoms with Gasteiger partial charge in [0.05, 0.1) is 6.61 Å². The second-order valence-corrected chi connectivity index (χ2v) is 13.8. The molecular formula is C42H80O4. The van der Waals surface area contributed by atoms with Crippen molar-refractivity contribution in [3.05, 3.63) is 24.3 Å². The van der Waals surface area contributed by atoms with Gasteiger partial charge in [-0.2, -0.15) is 0 Å². The van der Waals surface area contributed by atoms with E-state index in [4.69, 9.17) is 9.47 Å². The predicted molar refractivity (Wildman–Crippen MR) is 201 cm³/mol. The molecule has 4 nitrogen and oxygen atoms in total. The molecule has 0 aliphatic rings. The van der Waals surface area contributed by atoms with E-state index in [0.29, 0.717) is 17.8 Å². The smallest absolute Gasteiger partial charge is 0.333 e. The third-order valence-corrected chi connectivity index (χ3v) is 8.71. The van der Waals surface area contributed by atoms with Crippen LogP contribution in [-0.2, 0) is 19.1 Å². The normalized spacial score (nSPS) is 11.4. The van der Waals surface area contributed by atoms with E-state index < -0.39 is 0 Å². The van der Waals surface area contributed by atoms with Crippen LogP contribution >= 0.6 is 0 Å². The van der Waals surface area contributed by atoms with Crippen molar-refractivity contribution in [1.82, 2.24) is 0 Å². The van der Waals surface area contributed by atoms with E-state index in [1.165, 1.54) is 167 Å². The standard InChI is InChI=1S/C22H42O2.C20H38O2/c1-5-7-9-11-12-13-14-15-17-19-21(18-16-10-8-6-2)24-22(23)20(3)4;1-4-5-6-7-8-9-10-11-12-13-14-15-16-17-18-22-20(21)19(2)3/h21H,3,5-19H2,1-2,4H3;2,4-18H2,1,3H3. The number of esters is 2. The molecule has 0 aromatic rings. The maximum absolute atomic E-state index is 11.8. The Bertz CT molecular complexity index is 698. The molecule has 0 N–H and O–H groups in total. The summed E-state index contributed by atoms with van der Waals surface area (Å²) >= 11 is 0. The first-order chi connectivity index (χ1) is 22.3. The Hall–Kier alpha value is -1.58. The van der Waals surface area contributed by atoms with E-state index in [9.17, 15) is 9.59 Å². The van der Waals surface area contributed by atoms with Gasteiger partial charge in [0, 0.05) is 11.1 Å². The average molecular weight is 649 g/mol. The van der Waals surface area contributed by atoms with E-state index >= 15 is 0 Å². The number of rotatable bonds is 33. The van der Waals surface area contributed by atoms with Gasteiger partial charge in [0.15, 0.2) is 0 Å². The van der Waals surface area contributed by atoms with Gasteiger partial charge in [-0.1, -0.05) is 188 Å². The van der Waals surface area contributed by atoms with Crippen LogP contribution in [0, 0.1) is 0 Å². The third-order valence-electron chi connectivity index (χ3n) is 8.71. The summed E-state index contributed by atoms with van der Waals surface area (Å²) in [4.78, 5) is 22.9. The van der Waals surface area contributed by atoms with Gasteiger partial charge in [0.25, 0.3) is 0 Å². The van der Waals surface area contributed by atoms with E-state index in [2.05, 4.69) is 33.9 Å². The first kappa shape index (κ1) is 46.5. The molecule has 0 spiro atoms. The summed E-state index contributed by atoms with van der Waals surface area (Å²) in [5.41, 5.74) is 1.01. The summed E-state index contributed by atoms with van der Waals surface area (Å²) in [5.74, 6) is -0.471. The van der Waals surface area contributed by atoms with Crippen molar-refractivity contribution in [3.63, 3.8) is 0 Å². The molecule has 0 aromatic carbocycles. The molecule has 1 atom stereocenters. The molecule has 0 rings (SSSR count). The van der Waals surface area contributed by atoms with Crippen molar-refractivity contribution >= 4 is 11.9 Å². The van der Waals surface area contributed by atoms with Crippen LogP contribution < -0.4 is 0 Å². The number of unbranched alkanes of at least 4 members (excludes halogenated alkanes) is 24. The zero-order valence-corrected chi connectivity index (χ0v) is 31.8. The average Bonchev–Trinajstić information content (AvgIpc) is 3.03. The van der Waals surface area contributed by atoms with Crippen molar-refractivity contribution < 1.29 is 19.1 Å². The molecule has 0 amide bonds. The number of hydrogen-bond acceptors (Lipinski definition) is 4. The molecule has 0 bridgehead atoms. The Morgan fingerprint density at radius 3 is 1.04 bits per heavy atom. The summed E-state index contributed by atoms with van der Waals surface area (Å²) < 4.78 is 10.7. The van der Waals surface area contributed by atoms with E-state index in [-0.39, 0.29) is 18.0 Å². The molecule has 0 aliphatic carbocycles. The minimum atomic E-state index is -0.255. The minimum Gasteiger partial charge on any atom is -0.462 e. The van der Waals surface area contributed by atoms with Crippen molar-refractivity contribution in [2.75, 3.05) is 6.61 Å². The van der Waals surface area contributed by atoms with Crippen LogP contribution in [0.2, 0.25) is 0 Å². The van der Waals surface area contributed by atoms with Crippen LogP contribution in [-0.4, -0.2) is 24.6 Å². The molecule has 272 valence electrons. The number of carbonyl (C=O) groups excluding carboxylic acids is 2. The molecule has 0 saturated carbocycles. The fourth-order valence-electron chi connectivity index (χ4n) is 5.58. The lowest BCUT2D eigenvalue weighted by Crippen LogP contribution is -2.18. The Labute approximate surface area is 288 Å². The predicted octanol–water partition coefficient (Wildman–Crippen LogP) is 14.0. The van der Waals surface area contributed by atoms with Gasteiger partial charge in [-0.3, -0.25) is 0 Å². The van der Waals surface area contributed by atoms with E-state index in [1.54, 1.807) is 13.8 Å². The lowest BCUT2D eigenvalue weighted by Gasteiger charge is -2.18. The van der Waals surface area contributed by atoms with Crippen LogP contribution in [0.5, 0.6) is 0 Å². The zero-order chi connectivity index (χ0) is 34.5. The highest BCUT2D eigenvalue weighted by atomic mass is 16.5. The SMILES string of the molecule is C=C(C)C(=O)OC(CCCCCC)CCCCCCCCCCC.C=C(C)C(=O)OCCCCCCCCCCCCCCCC. The highest BCUT2D eigenvalue weighted by Gasteiger charge is 2.14. The quantitative estimate of drug-likeness (QED) is 0.0404. The number of ether oxygens (including phenoxy) is 2. The second kappa shape index (κ2) is 37.9. The fraction of sp³-hybridized carbons (Fsp3) is 0.857. The fourth-order valence-corrected chi connectivity index (χ4v) is 5.58. The molecule has 0 saturated heterocycles. The van der Waals surface area contributed by atoms with Crippen molar-refractivity contribution in [1.29, 1.82) is 0 Å². The maximum atomic E-state index is 11.8. The van der Waals surface area contributed by atoms with Gasteiger partial charge >= 0.3 is 11.9 Å². The Kier molecular flexibility index (Phi) is 38.3. The number of hydrogen-bond donors (Lipinski definition) is 0. The molecule has 46 heavy (non-hydrogen) atoms. The van der Waals surface area contributed by atoms with Crippen molar-refractivity contribution in [3.8, 4) is 0 Å². The van der Waals surface area contributed by atoms with Gasteiger partial charge in [0.1, 0.15) is 6.10 Å². The van der Waals surface area contributed by atoms with Crippen molar-refractivity contribution in [2.45, 2.75) is 227 Å². The van der Waals surface area contributed by atoms with E-state index in [0.717, 1.165) is 19.3 Å². The Balaban J connectivity index is 0. The second-order valence-electron chi connectivity index (χ2n) is 13.8. The summed E-state index contributed by atoms with van der Waals surface area (Å²) in [7, 11) is 0. The van der Waals surface area contributed by atoms with Crippen LogP contribution in [0.25, 0.3) is 0 Å². The molecule has 0 fully saturated rings. The Morgan fingerprint density at radius 1 is 0.435 bits per heavy atom. The van der Waals surface area contributed by atoms with Gasteiger partial charge in [-0.05, 0) is 46.0 Å². The van der Waals surface area contributed by atoms with Gasteiger partial charge in [-0.25, -0.2) is 9.59 Å². The molecule has 4 heteroatoms. The van der Waals surface area contributed by atoms with Gasteiger partial charge in [-0.15, -0.1) is 0 Å². The van der Waals surface area contributed by atoms with Gasteiger partial charge < -0.3 is 9.47 Å². The molecule has 0 radical (unpaired) electrons. The van der Waals surface area contributed by atoms with Crippen LogP contribution in [0.4, 0.5) is 0 Å². The zero-order valence-electron chi connectivity index (χ0n) is 31.8. The van der Waals surface area contributed by atoms with Crippen LogP contribution in [0.1, 0.15) is 221 Å². The molecule has 0 heterocycles. The monoisotopic (exact) mass is 649 g/mol. The molecular weight excluding hydrogens is 568 g/mol. The topological polar surface area (TPSA) is 52.6 Å². The maximum Gasteiger partial charge on any atom is 0.333 e. The highest BCUT2D eigenvalue weighted by molar-refractivity contribution is 5.87. The Morgan fingerprint density at radius 2 is 0.717 bits per heavy atom. The van der Waals surface area contributed by atoms with Crippen LogP contribution in [0.3, 0.4) is 0 Å². The van der Waals surface area contributed by atoms with Gasteiger partial charge in [0.2, 0.25) is 0 Å². The largest absolute Gasteiger partial charge is 0.462 e. The summed E-state index contributed by atoms with van der Waals surface area (Å²) in [5, 5.41) is 0. The minimum absolute atomic E-state index is 0.0932. The first-order valence-electron chi connectivity index (χ1n) is 20.0.